The Morgan fingerprint density at radius 3 is 2.93 bits per heavy atom. The molecule has 0 aromatic heterocycles. The van der Waals surface area contributed by atoms with E-state index >= 15 is 0 Å². The average molecular weight is 200 g/mol. The summed E-state index contributed by atoms with van der Waals surface area (Å²) >= 11 is 0. The molecule has 2 N–H and O–H groups in total. The van der Waals surface area contributed by atoms with Gasteiger partial charge in [0.25, 0.3) is 0 Å². The van der Waals surface area contributed by atoms with Gasteiger partial charge in [0.1, 0.15) is 0 Å². The molecule has 0 radical (unpaired) electrons. The molecule has 0 aromatic carbocycles. The van der Waals surface area contributed by atoms with Gasteiger partial charge in [0.15, 0.2) is 0 Å². The van der Waals surface area contributed by atoms with E-state index in [1.807, 2.05) is 6.92 Å². The molecular weight excluding hydrogens is 176 g/mol. The number of hydrogen-bond acceptors (Lipinski definition) is 3. The van der Waals surface area contributed by atoms with Gasteiger partial charge in [-0.3, -0.25) is 4.90 Å². The Kier molecular flexibility index (Phi) is 5.45. The van der Waals surface area contributed by atoms with Gasteiger partial charge in [-0.2, -0.15) is 0 Å². The Morgan fingerprint density at radius 1 is 1.50 bits per heavy atom. The first-order valence-electron chi connectivity index (χ1n) is 5.90. The van der Waals surface area contributed by atoms with Crippen molar-refractivity contribution in [2.24, 2.45) is 0 Å². The molecule has 2 unspecified atom stereocenters. The Labute approximate surface area is 87.5 Å². The molecule has 2 atom stereocenters. The normalized spacial score (nSPS) is 25.5. The summed E-state index contributed by atoms with van der Waals surface area (Å²) in [5.41, 5.74) is 0. The molecule has 1 fully saturated rings. The molecule has 14 heavy (non-hydrogen) atoms. The van der Waals surface area contributed by atoms with Gasteiger partial charge in [0, 0.05) is 19.1 Å². The third-order valence-electron chi connectivity index (χ3n) is 3.14. The summed E-state index contributed by atoms with van der Waals surface area (Å²) < 4.78 is 0. The largest absolute Gasteiger partial charge is 0.392 e. The summed E-state index contributed by atoms with van der Waals surface area (Å²) in [4.78, 5) is 2.52. The number of hydrogen-bond donors (Lipinski definition) is 2. The van der Waals surface area contributed by atoms with Crippen molar-refractivity contribution in [1.82, 2.24) is 10.2 Å². The summed E-state index contributed by atoms with van der Waals surface area (Å²) in [5, 5.41) is 12.7. The van der Waals surface area contributed by atoms with E-state index in [4.69, 9.17) is 0 Å². The molecule has 0 bridgehead atoms. The second kappa shape index (κ2) is 6.38. The van der Waals surface area contributed by atoms with E-state index in [0.29, 0.717) is 6.04 Å². The number of aliphatic hydroxyl groups is 1. The van der Waals surface area contributed by atoms with Crippen LogP contribution in [0.15, 0.2) is 0 Å². The number of likely N-dealkylation sites (N-methyl/N-ethyl adjacent to an activating group) is 1. The van der Waals surface area contributed by atoms with E-state index in [2.05, 4.69) is 17.1 Å². The van der Waals surface area contributed by atoms with Crippen LogP contribution in [0.3, 0.4) is 0 Å². The number of nitrogens with zero attached hydrogens (tertiary/aromatic N) is 1. The summed E-state index contributed by atoms with van der Waals surface area (Å²) in [6, 6.07) is 0.698. The summed E-state index contributed by atoms with van der Waals surface area (Å²) in [6.45, 7) is 8.41. The molecule has 1 heterocycles. The van der Waals surface area contributed by atoms with Crippen molar-refractivity contribution in [2.45, 2.75) is 45.3 Å². The van der Waals surface area contributed by atoms with Crippen molar-refractivity contribution in [3.63, 3.8) is 0 Å². The Balaban J connectivity index is 2.11. The number of likely N-dealkylation sites (tertiary alicyclic amines) is 1. The van der Waals surface area contributed by atoms with Gasteiger partial charge in [-0.1, -0.05) is 13.8 Å². The van der Waals surface area contributed by atoms with Crippen LogP contribution in [0.1, 0.15) is 33.1 Å². The zero-order valence-electron chi connectivity index (χ0n) is 9.50. The van der Waals surface area contributed by atoms with E-state index in [-0.39, 0.29) is 6.10 Å². The number of aliphatic hydroxyl groups excluding tert-OH is 1. The fourth-order valence-electron chi connectivity index (χ4n) is 2.10. The molecule has 1 aliphatic heterocycles. The highest BCUT2D eigenvalue weighted by atomic mass is 16.3. The van der Waals surface area contributed by atoms with Gasteiger partial charge in [0.2, 0.25) is 0 Å². The van der Waals surface area contributed by atoms with Crippen molar-refractivity contribution in [1.29, 1.82) is 0 Å². The zero-order valence-corrected chi connectivity index (χ0v) is 9.50. The molecule has 84 valence electrons. The highest BCUT2D eigenvalue weighted by Gasteiger charge is 2.22. The minimum atomic E-state index is -0.175. The molecule has 1 aliphatic rings. The monoisotopic (exact) mass is 200 g/mol. The molecule has 3 nitrogen and oxygen atoms in total. The van der Waals surface area contributed by atoms with Crippen LogP contribution >= 0.6 is 0 Å². The summed E-state index contributed by atoms with van der Waals surface area (Å²) in [5.74, 6) is 0. The maximum Gasteiger partial charge on any atom is 0.0662 e. The van der Waals surface area contributed by atoms with Crippen LogP contribution in [0.5, 0.6) is 0 Å². The van der Waals surface area contributed by atoms with Gasteiger partial charge >= 0.3 is 0 Å². The molecule has 0 aromatic rings. The first-order valence-corrected chi connectivity index (χ1v) is 5.90. The van der Waals surface area contributed by atoms with Crippen LogP contribution in [0.2, 0.25) is 0 Å². The SMILES string of the molecule is CCC(O)CNCC1CCCN1CC. The minimum absolute atomic E-state index is 0.175. The molecule has 1 rings (SSSR count). The van der Waals surface area contributed by atoms with E-state index in [1.54, 1.807) is 0 Å². The molecule has 0 spiro atoms. The maximum absolute atomic E-state index is 9.38. The van der Waals surface area contributed by atoms with Gasteiger partial charge in [-0.25, -0.2) is 0 Å². The predicted molar refractivity (Wildman–Crippen MR) is 59.4 cm³/mol. The summed E-state index contributed by atoms with van der Waals surface area (Å²) in [6.07, 6.45) is 3.31. The molecule has 1 saturated heterocycles. The Hall–Kier alpha value is -0.120. The van der Waals surface area contributed by atoms with Crippen LogP contribution in [0.25, 0.3) is 0 Å². The van der Waals surface area contributed by atoms with Crippen LogP contribution in [-0.2, 0) is 0 Å². The fraction of sp³-hybridized carbons (Fsp3) is 1.00. The van der Waals surface area contributed by atoms with Crippen molar-refractivity contribution < 1.29 is 5.11 Å². The van der Waals surface area contributed by atoms with Crippen LogP contribution in [0, 0.1) is 0 Å². The highest BCUT2D eigenvalue weighted by Crippen LogP contribution is 2.15. The Morgan fingerprint density at radius 2 is 2.29 bits per heavy atom. The lowest BCUT2D eigenvalue weighted by Gasteiger charge is -2.23. The van der Waals surface area contributed by atoms with E-state index < -0.39 is 0 Å². The van der Waals surface area contributed by atoms with E-state index in [1.165, 1.54) is 19.4 Å². The first-order chi connectivity index (χ1) is 6.77. The topological polar surface area (TPSA) is 35.5 Å². The average Bonchev–Trinajstić information content (AvgIpc) is 2.65. The first kappa shape index (κ1) is 12.0. The zero-order chi connectivity index (χ0) is 10.4. The molecule has 0 aliphatic carbocycles. The quantitative estimate of drug-likeness (QED) is 0.667. The minimum Gasteiger partial charge on any atom is -0.392 e. The molecular formula is C11H24N2O. The molecule has 0 saturated carbocycles. The van der Waals surface area contributed by atoms with Crippen LogP contribution < -0.4 is 5.32 Å². The fourth-order valence-corrected chi connectivity index (χ4v) is 2.10. The molecule has 3 heteroatoms. The maximum atomic E-state index is 9.38. The second-order valence-corrected chi connectivity index (χ2v) is 4.14. The lowest BCUT2D eigenvalue weighted by molar-refractivity contribution is 0.162. The molecule has 0 amide bonds. The lowest BCUT2D eigenvalue weighted by atomic mass is 10.2. The number of rotatable bonds is 6. The third-order valence-corrected chi connectivity index (χ3v) is 3.14. The second-order valence-electron chi connectivity index (χ2n) is 4.14. The highest BCUT2D eigenvalue weighted by molar-refractivity contribution is 4.80. The summed E-state index contributed by atoms with van der Waals surface area (Å²) in [7, 11) is 0. The number of nitrogens with one attached hydrogen (secondary N) is 1. The van der Waals surface area contributed by atoms with Crippen molar-refractivity contribution in [2.75, 3.05) is 26.2 Å². The third kappa shape index (κ3) is 3.56. The van der Waals surface area contributed by atoms with Crippen LogP contribution in [0.4, 0.5) is 0 Å². The van der Waals surface area contributed by atoms with Gasteiger partial charge in [-0.15, -0.1) is 0 Å². The van der Waals surface area contributed by atoms with Crippen LogP contribution in [-0.4, -0.2) is 48.3 Å². The van der Waals surface area contributed by atoms with Gasteiger partial charge in [-0.05, 0) is 32.4 Å². The van der Waals surface area contributed by atoms with Crippen molar-refractivity contribution in [3.8, 4) is 0 Å². The van der Waals surface area contributed by atoms with Gasteiger partial charge < -0.3 is 10.4 Å². The smallest absolute Gasteiger partial charge is 0.0662 e. The van der Waals surface area contributed by atoms with E-state index in [0.717, 1.165) is 26.1 Å². The van der Waals surface area contributed by atoms with Gasteiger partial charge in [0.05, 0.1) is 6.10 Å². The Bertz CT molecular complexity index is 152. The standard InChI is InChI=1S/C11H24N2O/c1-3-11(14)9-12-8-10-6-5-7-13(10)4-2/h10-12,14H,3-9H2,1-2H3. The van der Waals surface area contributed by atoms with Crippen molar-refractivity contribution in [3.05, 3.63) is 0 Å². The predicted octanol–water partition coefficient (Wildman–Crippen LogP) is 0.831. The van der Waals surface area contributed by atoms with Crippen molar-refractivity contribution >= 4 is 0 Å². The van der Waals surface area contributed by atoms with E-state index in [9.17, 15) is 5.11 Å². The lowest BCUT2D eigenvalue weighted by Crippen LogP contribution is -2.40.